The Morgan fingerprint density at radius 3 is 2.83 bits per heavy atom. The fourth-order valence-corrected chi connectivity index (χ4v) is 3.23. The van der Waals surface area contributed by atoms with Crippen molar-refractivity contribution in [2.75, 3.05) is 13.7 Å². The largest absolute Gasteiger partial charge is 0.375 e. The van der Waals surface area contributed by atoms with Gasteiger partial charge in [-0.2, -0.15) is 5.10 Å². The van der Waals surface area contributed by atoms with E-state index < -0.39 is 0 Å². The Morgan fingerprint density at radius 1 is 1.30 bits per heavy atom. The number of halogens is 1. The summed E-state index contributed by atoms with van der Waals surface area (Å²) >= 11 is 1.69. The number of methoxy groups -OCH3 is 1. The van der Waals surface area contributed by atoms with Crippen molar-refractivity contribution in [1.29, 1.82) is 0 Å². The molecule has 0 saturated heterocycles. The molecule has 0 bridgehead atoms. The maximum atomic E-state index is 13.0. The molecule has 0 unspecified atom stereocenters. The monoisotopic (exact) mass is 331 g/mol. The van der Waals surface area contributed by atoms with E-state index in [1.807, 2.05) is 11.4 Å². The molecule has 0 radical (unpaired) electrons. The zero-order chi connectivity index (χ0) is 16.1. The van der Waals surface area contributed by atoms with Gasteiger partial charge < -0.3 is 10.1 Å². The first-order chi connectivity index (χ1) is 11.3. The predicted molar refractivity (Wildman–Crippen MR) is 89.8 cm³/mol. The van der Waals surface area contributed by atoms with Crippen molar-refractivity contribution in [2.45, 2.75) is 12.6 Å². The van der Waals surface area contributed by atoms with Crippen molar-refractivity contribution in [2.24, 2.45) is 0 Å². The molecule has 2 aromatic heterocycles. The number of hydrogen-bond acceptors (Lipinski definition) is 4. The molecule has 0 spiro atoms. The first-order valence-electron chi connectivity index (χ1n) is 7.33. The second-order valence-corrected chi connectivity index (χ2v) is 6.13. The summed E-state index contributed by atoms with van der Waals surface area (Å²) in [5.74, 6) is -0.244. The molecule has 0 aliphatic carbocycles. The van der Waals surface area contributed by atoms with Crippen molar-refractivity contribution in [3.63, 3.8) is 0 Å². The Hall–Kier alpha value is -2.02. The second kappa shape index (κ2) is 7.50. The van der Waals surface area contributed by atoms with Crippen LogP contribution in [0.15, 0.2) is 48.0 Å². The molecule has 0 aliphatic heterocycles. The minimum atomic E-state index is -0.244. The van der Waals surface area contributed by atoms with E-state index in [1.165, 1.54) is 17.0 Å². The van der Waals surface area contributed by atoms with Crippen LogP contribution in [-0.2, 0) is 11.3 Å². The molecule has 0 fully saturated rings. The molecular formula is C17H18FN3OS. The van der Waals surface area contributed by atoms with Crippen molar-refractivity contribution in [3.05, 3.63) is 64.2 Å². The lowest BCUT2D eigenvalue weighted by atomic mass is 10.1. The summed E-state index contributed by atoms with van der Waals surface area (Å²) in [5.41, 5.74) is 2.86. The number of rotatable bonds is 7. The highest BCUT2D eigenvalue weighted by Gasteiger charge is 2.12. The Labute approximate surface area is 138 Å². The van der Waals surface area contributed by atoms with E-state index in [2.05, 4.69) is 21.6 Å². The van der Waals surface area contributed by atoms with Gasteiger partial charge in [-0.3, -0.25) is 5.10 Å². The molecule has 4 nitrogen and oxygen atoms in total. The van der Waals surface area contributed by atoms with Crippen molar-refractivity contribution >= 4 is 11.3 Å². The van der Waals surface area contributed by atoms with Gasteiger partial charge in [0.15, 0.2) is 0 Å². The Bertz CT molecular complexity index is 725. The van der Waals surface area contributed by atoms with E-state index in [9.17, 15) is 4.39 Å². The molecule has 1 aromatic carbocycles. The first kappa shape index (κ1) is 15.9. The van der Waals surface area contributed by atoms with Crippen LogP contribution in [0.2, 0.25) is 0 Å². The molecule has 0 aliphatic rings. The fourth-order valence-electron chi connectivity index (χ4n) is 2.42. The van der Waals surface area contributed by atoms with Crippen molar-refractivity contribution < 1.29 is 9.13 Å². The fraction of sp³-hybridized carbons (Fsp3) is 0.235. The molecule has 0 amide bonds. The summed E-state index contributed by atoms with van der Waals surface area (Å²) in [5, 5.41) is 12.5. The third kappa shape index (κ3) is 3.85. The van der Waals surface area contributed by atoms with Crippen LogP contribution in [0, 0.1) is 5.82 Å². The van der Waals surface area contributed by atoms with Crippen LogP contribution in [0.1, 0.15) is 16.5 Å². The molecule has 0 saturated carbocycles. The third-order valence-electron chi connectivity index (χ3n) is 3.64. The molecule has 120 valence electrons. The third-order valence-corrected chi connectivity index (χ3v) is 4.61. The topological polar surface area (TPSA) is 49.9 Å². The Kier molecular flexibility index (Phi) is 5.17. The lowest BCUT2D eigenvalue weighted by Crippen LogP contribution is -2.21. The van der Waals surface area contributed by atoms with Gasteiger partial charge in [-0.1, -0.05) is 6.07 Å². The van der Waals surface area contributed by atoms with Gasteiger partial charge in [0.25, 0.3) is 0 Å². The minimum Gasteiger partial charge on any atom is -0.375 e. The zero-order valence-corrected chi connectivity index (χ0v) is 13.6. The van der Waals surface area contributed by atoms with Gasteiger partial charge in [0.2, 0.25) is 0 Å². The SMILES string of the molecule is CO[C@@H](CNCc1cn[nH]c1-c1ccc(F)cc1)c1cccs1. The summed E-state index contributed by atoms with van der Waals surface area (Å²) in [7, 11) is 1.72. The van der Waals surface area contributed by atoms with Gasteiger partial charge in [0.05, 0.1) is 11.9 Å². The van der Waals surface area contributed by atoms with Crippen LogP contribution in [-0.4, -0.2) is 23.9 Å². The number of aromatic amines is 1. The molecule has 2 N–H and O–H groups in total. The Morgan fingerprint density at radius 2 is 2.13 bits per heavy atom. The summed E-state index contributed by atoms with van der Waals surface area (Å²) in [6.45, 7) is 1.37. The maximum absolute atomic E-state index is 13.0. The molecular weight excluding hydrogens is 313 g/mol. The minimum absolute atomic E-state index is 0.0381. The normalized spacial score (nSPS) is 12.4. The molecule has 2 heterocycles. The van der Waals surface area contributed by atoms with Crippen LogP contribution in [0.5, 0.6) is 0 Å². The smallest absolute Gasteiger partial charge is 0.123 e. The number of thiophene rings is 1. The van der Waals surface area contributed by atoms with E-state index in [4.69, 9.17) is 4.74 Å². The highest BCUT2D eigenvalue weighted by atomic mass is 32.1. The molecule has 3 aromatic rings. The van der Waals surface area contributed by atoms with Gasteiger partial charge in [0.1, 0.15) is 11.9 Å². The summed E-state index contributed by atoms with van der Waals surface area (Å²) < 4.78 is 18.6. The predicted octanol–water partition coefficient (Wildman–Crippen LogP) is 3.75. The van der Waals surface area contributed by atoms with Crippen LogP contribution in [0.25, 0.3) is 11.3 Å². The summed E-state index contributed by atoms with van der Waals surface area (Å²) in [4.78, 5) is 1.20. The van der Waals surface area contributed by atoms with Crippen LogP contribution in [0.3, 0.4) is 0 Å². The number of nitrogens with one attached hydrogen (secondary N) is 2. The highest BCUT2D eigenvalue weighted by molar-refractivity contribution is 7.10. The summed E-state index contributed by atoms with van der Waals surface area (Å²) in [6, 6.07) is 10.5. The average Bonchev–Trinajstić information content (AvgIpc) is 3.24. The number of ether oxygens (including phenoxy) is 1. The first-order valence-corrected chi connectivity index (χ1v) is 8.21. The summed E-state index contributed by atoms with van der Waals surface area (Å²) in [6.07, 6.45) is 1.83. The molecule has 3 rings (SSSR count). The average molecular weight is 331 g/mol. The van der Waals surface area contributed by atoms with E-state index in [-0.39, 0.29) is 11.9 Å². The van der Waals surface area contributed by atoms with Gasteiger partial charge in [0, 0.05) is 36.2 Å². The maximum Gasteiger partial charge on any atom is 0.123 e. The number of benzene rings is 1. The van der Waals surface area contributed by atoms with Gasteiger partial charge in [-0.15, -0.1) is 11.3 Å². The lowest BCUT2D eigenvalue weighted by molar-refractivity contribution is 0.105. The van der Waals surface area contributed by atoms with Crippen LogP contribution >= 0.6 is 11.3 Å². The van der Waals surface area contributed by atoms with E-state index in [0.29, 0.717) is 13.1 Å². The lowest BCUT2D eigenvalue weighted by Gasteiger charge is -2.14. The number of nitrogens with zero attached hydrogens (tertiary/aromatic N) is 1. The number of H-pyrrole nitrogens is 1. The zero-order valence-electron chi connectivity index (χ0n) is 12.8. The number of hydrogen-bond donors (Lipinski definition) is 2. The van der Waals surface area contributed by atoms with Crippen molar-refractivity contribution in [3.8, 4) is 11.3 Å². The second-order valence-electron chi connectivity index (χ2n) is 5.15. The van der Waals surface area contributed by atoms with Gasteiger partial charge >= 0.3 is 0 Å². The van der Waals surface area contributed by atoms with E-state index >= 15 is 0 Å². The van der Waals surface area contributed by atoms with Crippen molar-refractivity contribution in [1.82, 2.24) is 15.5 Å². The molecule has 6 heteroatoms. The quantitative estimate of drug-likeness (QED) is 0.693. The standard InChI is InChI=1S/C17H18FN3OS/c1-22-15(16-3-2-8-23-16)11-19-9-13-10-20-21-17(13)12-4-6-14(18)7-5-12/h2-8,10,15,19H,9,11H2,1H3,(H,20,21)/t15-/m0/s1. The molecule has 1 atom stereocenters. The van der Waals surface area contributed by atoms with Gasteiger partial charge in [-0.25, -0.2) is 4.39 Å². The van der Waals surface area contributed by atoms with Gasteiger partial charge in [-0.05, 0) is 35.7 Å². The molecule has 23 heavy (non-hydrogen) atoms. The number of aromatic nitrogens is 2. The Balaban J connectivity index is 1.63. The van der Waals surface area contributed by atoms with Crippen LogP contribution in [0.4, 0.5) is 4.39 Å². The highest BCUT2D eigenvalue weighted by Crippen LogP contribution is 2.23. The van der Waals surface area contributed by atoms with E-state index in [1.54, 1.807) is 36.8 Å². The van der Waals surface area contributed by atoms with E-state index in [0.717, 1.165) is 16.8 Å². The van der Waals surface area contributed by atoms with Crippen LogP contribution < -0.4 is 5.32 Å².